The maximum atomic E-state index is 9.08. The van der Waals surface area contributed by atoms with Crippen LogP contribution in [0, 0.1) is 11.3 Å². The summed E-state index contributed by atoms with van der Waals surface area (Å²) in [5.74, 6) is 0.759. The van der Waals surface area contributed by atoms with Gasteiger partial charge in [0, 0.05) is 11.1 Å². The molecule has 0 atom stereocenters. The second-order valence-corrected chi connectivity index (χ2v) is 5.40. The Labute approximate surface area is 122 Å². The molecule has 3 rings (SSSR count). The molecule has 0 fully saturated rings. The number of nitrogens with zero attached hydrogens (tertiary/aromatic N) is 2. The van der Waals surface area contributed by atoms with E-state index in [9.17, 15) is 0 Å². The number of rotatable bonds is 3. The smallest absolute Gasteiger partial charge is 0.0994 e. The lowest BCUT2D eigenvalue weighted by Crippen LogP contribution is -1.88. The average Bonchev–Trinajstić information content (AvgIpc) is 2.53. The Hall–Kier alpha value is -2.31. The van der Waals surface area contributed by atoms with Gasteiger partial charge in [0.05, 0.1) is 22.2 Å². The van der Waals surface area contributed by atoms with Crippen LogP contribution in [-0.2, 0) is 5.75 Å². The van der Waals surface area contributed by atoms with Crippen molar-refractivity contribution in [2.24, 2.45) is 0 Å². The summed E-state index contributed by atoms with van der Waals surface area (Å²) in [6, 6.07) is 22.1. The van der Waals surface area contributed by atoms with Crippen molar-refractivity contribution in [1.29, 1.82) is 5.26 Å². The zero-order valence-corrected chi connectivity index (χ0v) is 11.6. The van der Waals surface area contributed by atoms with Crippen LogP contribution < -0.4 is 0 Å². The number of aromatic nitrogens is 1. The minimum absolute atomic E-state index is 0.737. The summed E-state index contributed by atoms with van der Waals surface area (Å²) in [7, 11) is 0. The van der Waals surface area contributed by atoms with Crippen LogP contribution in [0.15, 0.2) is 65.7 Å². The van der Waals surface area contributed by atoms with Crippen LogP contribution in [0.25, 0.3) is 10.9 Å². The van der Waals surface area contributed by atoms with Crippen LogP contribution in [0.1, 0.15) is 11.1 Å². The maximum absolute atomic E-state index is 9.08. The van der Waals surface area contributed by atoms with Gasteiger partial charge in [-0.3, -0.25) is 0 Å². The lowest BCUT2D eigenvalue weighted by Gasteiger charge is -2.04. The predicted octanol–water partition coefficient (Wildman–Crippen LogP) is 4.40. The van der Waals surface area contributed by atoms with Crippen molar-refractivity contribution in [3.63, 3.8) is 0 Å². The third-order valence-electron chi connectivity index (χ3n) is 3.09. The fraction of sp³-hybridized carbons (Fsp3) is 0.0588. The molecule has 20 heavy (non-hydrogen) atoms. The van der Waals surface area contributed by atoms with E-state index in [1.54, 1.807) is 11.8 Å². The van der Waals surface area contributed by atoms with Gasteiger partial charge < -0.3 is 0 Å². The quantitative estimate of drug-likeness (QED) is 0.665. The summed E-state index contributed by atoms with van der Waals surface area (Å²) in [4.78, 5) is 4.63. The summed E-state index contributed by atoms with van der Waals surface area (Å²) < 4.78 is 0. The molecule has 0 saturated carbocycles. The van der Waals surface area contributed by atoms with Crippen LogP contribution in [0.4, 0.5) is 0 Å². The van der Waals surface area contributed by atoms with Gasteiger partial charge in [-0.05, 0) is 23.8 Å². The molecule has 0 aliphatic heterocycles. The van der Waals surface area contributed by atoms with Gasteiger partial charge in [-0.25, -0.2) is 4.98 Å². The Morgan fingerprint density at radius 3 is 2.65 bits per heavy atom. The highest BCUT2D eigenvalue weighted by molar-refractivity contribution is 7.98. The van der Waals surface area contributed by atoms with Gasteiger partial charge in [0.25, 0.3) is 0 Å². The van der Waals surface area contributed by atoms with Crippen molar-refractivity contribution in [3.8, 4) is 6.07 Å². The third-order valence-corrected chi connectivity index (χ3v) is 4.06. The molecule has 0 radical (unpaired) electrons. The lowest BCUT2D eigenvalue weighted by molar-refractivity contribution is 1.18. The van der Waals surface area contributed by atoms with E-state index in [-0.39, 0.29) is 0 Å². The first-order valence-corrected chi connectivity index (χ1v) is 7.32. The fourth-order valence-corrected chi connectivity index (χ4v) is 2.92. The van der Waals surface area contributed by atoms with Gasteiger partial charge in [0.15, 0.2) is 0 Å². The molecule has 2 nitrogen and oxygen atoms in total. The summed E-state index contributed by atoms with van der Waals surface area (Å²) in [5, 5.41) is 11.2. The van der Waals surface area contributed by atoms with Gasteiger partial charge in [0.2, 0.25) is 0 Å². The number of fused-ring (bicyclic) bond motifs is 1. The van der Waals surface area contributed by atoms with Crippen LogP contribution in [0.2, 0.25) is 0 Å². The summed E-state index contributed by atoms with van der Waals surface area (Å²) in [6.07, 6.45) is 0. The van der Waals surface area contributed by atoms with Crippen LogP contribution in [0.5, 0.6) is 0 Å². The first kappa shape index (κ1) is 12.7. The van der Waals surface area contributed by atoms with Crippen molar-refractivity contribution in [2.75, 3.05) is 0 Å². The van der Waals surface area contributed by atoms with Gasteiger partial charge in [0.1, 0.15) is 0 Å². The Bertz CT molecular complexity index is 790. The molecular formula is C17H12N2S. The van der Waals surface area contributed by atoms with Gasteiger partial charge in [-0.2, -0.15) is 5.26 Å². The van der Waals surface area contributed by atoms with Crippen molar-refractivity contribution in [2.45, 2.75) is 10.8 Å². The first-order chi connectivity index (χ1) is 9.86. The molecule has 0 bridgehead atoms. The molecule has 3 heteroatoms. The molecular weight excluding hydrogens is 264 g/mol. The van der Waals surface area contributed by atoms with Gasteiger partial charge in [-0.15, -0.1) is 11.8 Å². The average molecular weight is 276 g/mol. The zero-order valence-electron chi connectivity index (χ0n) is 10.8. The highest BCUT2D eigenvalue weighted by atomic mass is 32.2. The van der Waals surface area contributed by atoms with E-state index in [0.29, 0.717) is 0 Å². The van der Waals surface area contributed by atoms with E-state index in [1.807, 2.05) is 48.5 Å². The molecule has 2 aromatic carbocycles. The molecule has 0 amide bonds. The number of pyridine rings is 1. The first-order valence-electron chi connectivity index (χ1n) is 6.33. The van der Waals surface area contributed by atoms with E-state index in [0.717, 1.165) is 32.8 Å². The second kappa shape index (κ2) is 5.77. The van der Waals surface area contributed by atoms with E-state index in [1.165, 1.54) is 0 Å². The fourth-order valence-electron chi connectivity index (χ4n) is 2.03. The molecule has 0 spiro atoms. The molecule has 0 N–H and O–H groups in total. The number of thioether (sulfide) groups is 1. The molecule has 96 valence electrons. The SMILES string of the molecule is N#Cc1ccccc1CSc1ccc2ccccc2n1. The number of hydrogen-bond acceptors (Lipinski definition) is 3. The summed E-state index contributed by atoms with van der Waals surface area (Å²) in [6.45, 7) is 0. The minimum Gasteiger partial charge on any atom is -0.241 e. The highest BCUT2D eigenvalue weighted by Crippen LogP contribution is 2.24. The maximum Gasteiger partial charge on any atom is 0.0994 e. The predicted molar refractivity (Wildman–Crippen MR) is 82.5 cm³/mol. The van der Waals surface area contributed by atoms with Gasteiger partial charge >= 0.3 is 0 Å². The highest BCUT2D eigenvalue weighted by Gasteiger charge is 2.03. The monoisotopic (exact) mass is 276 g/mol. The Balaban J connectivity index is 1.82. The topological polar surface area (TPSA) is 36.7 Å². The van der Waals surface area contributed by atoms with E-state index < -0.39 is 0 Å². The molecule has 0 saturated heterocycles. The molecule has 1 heterocycles. The van der Waals surface area contributed by atoms with Crippen molar-refractivity contribution >= 4 is 22.7 Å². The van der Waals surface area contributed by atoms with Crippen LogP contribution in [0.3, 0.4) is 0 Å². The van der Waals surface area contributed by atoms with E-state index in [4.69, 9.17) is 5.26 Å². The normalized spacial score (nSPS) is 10.3. The zero-order chi connectivity index (χ0) is 13.8. The van der Waals surface area contributed by atoms with Crippen molar-refractivity contribution in [3.05, 3.63) is 71.8 Å². The summed E-state index contributed by atoms with van der Waals surface area (Å²) in [5.41, 5.74) is 2.79. The number of para-hydroxylation sites is 1. The summed E-state index contributed by atoms with van der Waals surface area (Å²) >= 11 is 1.66. The number of nitriles is 1. The lowest BCUT2D eigenvalue weighted by atomic mass is 10.1. The molecule has 0 aliphatic carbocycles. The molecule has 1 aromatic heterocycles. The van der Waals surface area contributed by atoms with Crippen LogP contribution >= 0.6 is 11.8 Å². The Kier molecular flexibility index (Phi) is 3.67. The Morgan fingerprint density at radius 1 is 0.950 bits per heavy atom. The number of benzene rings is 2. The Morgan fingerprint density at radius 2 is 1.75 bits per heavy atom. The second-order valence-electron chi connectivity index (χ2n) is 4.40. The van der Waals surface area contributed by atoms with E-state index in [2.05, 4.69) is 23.2 Å². The minimum atomic E-state index is 0.737. The number of hydrogen-bond donors (Lipinski definition) is 0. The van der Waals surface area contributed by atoms with Crippen LogP contribution in [-0.4, -0.2) is 4.98 Å². The standard InChI is InChI=1S/C17H12N2S/c18-11-14-6-1-2-7-15(14)12-20-17-10-9-13-5-3-4-8-16(13)19-17/h1-10H,12H2. The molecule has 0 aliphatic rings. The van der Waals surface area contributed by atoms with E-state index >= 15 is 0 Å². The largest absolute Gasteiger partial charge is 0.241 e. The molecule has 3 aromatic rings. The third kappa shape index (κ3) is 2.66. The molecule has 0 unspecified atom stereocenters. The van der Waals surface area contributed by atoms with Crippen molar-refractivity contribution < 1.29 is 0 Å². The van der Waals surface area contributed by atoms with Crippen molar-refractivity contribution in [1.82, 2.24) is 4.98 Å². The van der Waals surface area contributed by atoms with Gasteiger partial charge in [-0.1, -0.05) is 42.5 Å².